The van der Waals surface area contributed by atoms with E-state index in [9.17, 15) is 24.6 Å². The Morgan fingerprint density at radius 2 is 1.88 bits per heavy atom. The van der Waals surface area contributed by atoms with E-state index < -0.39 is 48.7 Å². The van der Waals surface area contributed by atoms with Crippen LogP contribution in [0.1, 0.15) is 64.5 Å². The molecular weight excluding hydrogens is 422 g/mol. The summed E-state index contributed by atoms with van der Waals surface area (Å²) in [6.45, 7) is 1.97. The molecule has 2 heterocycles. The highest BCUT2D eigenvalue weighted by Gasteiger charge is 2.43. The smallest absolute Gasteiger partial charge is 0.351 e. The predicted molar refractivity (Wildman–Crippen MR) is 114 cm³/mol. The van der Waals surface area contributed by atoms with Gasteiger partial charge in [0.15, 0.2) is 6.23 Å². The highest BCUT2D eigenvalue weighted by atomic mass is 16.6. The number of carbonyl (C=O) groups is 2. The minimum absolute atomic E-state index is 0.0246. The second-order valence-electron chi connectivity index (χ2n) is 7.77. The molecule has 0 spiro atoms. The number of hydrogen-bond donors (Lipinski definition) is 4. The van der Waals surface area contributed by atoms with Crippen LogP contribution in [0, 0.1) is 0 Å². The summed E-state index contributed by atoms with van der Waals surface area (Å²) < 4.78 is 11.4. The fourth-order valence-electron chi connectivity index (χ4n) is 3.35. The zero-order valence-corrected chi connectivity index (χ0v) is 18.3. The molecule has 1 aliphatic rings. The number of aliphatic hydroxyl groups excluding tert-OH is 3. The summed E-state index contributed by atoms with van der Waals surface area (Å²) in [5.41, 5.74) is -0.823. The first-order valence-electron chi connectivity index (χ1n) is 11.0. The van der Waals surface area contributed by atoms with Gasteiger partial charge in [0, 0.05) is 12.6 Å². The molecular formula is C21H33N3O8. The Balaban J connectivity index is 1.74. The second kappa shape index (κ2) is 13.3. The molecule has 0 unspecified atom stereocenters. The average Bonchev–Trinajstić information content (AvgIpc) is 3.05. The molecule has 11 nitrogen and oxygen atoms in total. The van der Waals surface area contributed by atoms with Gasteiger partial charge in [0.2, 0.25) is 5.91 Å². The molecule has 0 saturated carbocycles. The summed E-state index contributed by atoms with van der Waals surface area (Å²) in [5.74, 6) is -0.982. The minimum Gasteiger partial charge on any atom is -0.466 e. The number of ether oxygens (including phenoxy) is 2. The van der Waals surface area contributed by atoms with Gasteiger partial charge in [-0.2, -0.15) is 4.98 Å². The van der Waals surface area contributed by atoms with Gasteiger partial charge in [-0.3, -0.25) is 14.2 Å². The number of carbonyl (C=O) groups excluding carboxylic acids is 2. The molecule has 1 fully saturated rings. The summed E-state index contributed by atoms with van der Waals surface area (Å²) in [6.07, 6.45) is 2.54. The minimum atomic E-state index is -1.42. The average molecular weight is 456 g/mol. The van der Waals surface area contributed by atoms with E-state index >= 15 is 0 Å². The number of nitrogens with zero attached hydrogens (tertiary/aromatic N) is 2. The van der Waals surface area contributed by atoms with E-state index in [-0.39, 0.29) is 18.7 Å². The molecule has 1 aromatic rings. The normalized spacial score (nSPS) is 22.6. The van der Waals surface area contributed by atoms with Gasteiger partial charge >= 0.3 is 11.7 Å². The van der Waals surface area contributed by atoms with Crippen molar-refractivity contribution in [2.75, 3.05) is 18.5 Å². The standard InChI is InChI=1S/C21H33N3O8/c1-2-3-4-5-6-7-12-31-17(27)9-8-16(26)22-15-10-11-24(21(30)23-15)20-19(29)18(28)14(13-25)32-20/h10-11,14,18-20,25,28-29H,2-9,12-13H2,1H3,(H,22,23,26,30)/t14-,18-,19+,20-/m1/s1. The lowest BCUT2D eigenvalue weighted by Crippen LogP contribution is -2.36. The maximum atomic E-state index is 12.2. The second-order valence-corrected chi connectivity index (χ2v) is 7.77. The first kappa shape index (κ1) is 25.9. The van der Waals surface area contributed by atoms with E-state index in [0.29, 0.717) is 6.61 Å². The van der Waals surface area contributed by atoms with Crippen molar-refractivity contribution >= 4 is 17.7 Å². The van der Waals surface area contributed by atoms with E-state index in [4.69, 9.17) is 14.6 Å². The fraction of sp³-hybridized carbons (Fsp3) is 0.714. The van der Waals surface area contributed by atoms with Crippen LogP contribution in [0.2, 0.25) is 0 Å². The first-order valence-corrected chi connectivity index (χ1v) is 11.0. The Morgan fingerprint density at radius 1 is 1.16 bits per heavy atom. The molecule has 4 atom stereocenters. The molecule has 0 bridgehead atoms. The molecule has 2 rings (SSSR count). The Labute approximate surface area is 186 Å². The Hall–Kier alpha value is -2.34. The third-order valence-electron chi connectivity index (χ3n) is 5.21. The van der Waals surface area contributed by atoms with Crippen molar-refractivity contribution in [2.45, 2.75) is 82.8 Å². The van der Waals surface area contributed by atoms with Crippen LogP contribution in [0.25, 0.3) is 0 Å². The SMILES string of the molecule is CCCCCCCCOC(=O)CCC(=O)Nc1ccn([C@@H]2O[C@H](CO)[C@@H](O)[C@@H]2O)c(=O)n1. The quantitative estimate of drug-likeness (QED) is 0.245. The number of hydrogen-bond acceptors (Lipinski definition) is 9. The lowest BCUT2D eigenvalue weighted by atomic mass is 10.1. The number of aliphatic hydroxyl groups is 3. The molecule has 0 radical (unpaired) electrons. The van der Waals surface area contributed by atoms with Crippen molar-refractivity contribution < 1.29 is 34.4 Å². The number of nitrogens with one attached hydrogen (secondary N) is 1. The van der Waals surface area contributed by atoms with E-state index in [1.165, 1.54) is 31.5 Å². The van der Waals surface area contributed by atoms with Crippen LogP contribution in [-0.2, 0) is 19.1 Å². The van der Waals surface area contributed by atoms with Gasteiger partial charge in [-0.15, -0.1) is 0 Å². The van der Waals surface area contributed by atoms with Gasteiger partial charge in [-0.1, -0.05) is 39.0 Å². The Kier molecular flexibility index (Phi) is 10.7. The van der Waals surface area contributed by atoms with Crippen LogP contribution in [0.5, 0.6) is 0 Å². The molecule has 1 aromatic heterocycles. The van der Waals surface area contributed by atoms with Crippen LogP contribution in [-0.4, -0.2) is 68.3 Å². The number of amides is 1. The maximum absolute atomic E-state index is 12.2. The van der Waals surface area contributed by atoms with E-state index in [2.05, 4.69) is 17.2 Å². The molecule has 1 amide bonds. The summed E-state index contributed by atoms with van der Waals surface area (Å²) in [5, 5.41) is 31.4. The molecule has 1 saturated heterocycles. The zero-order chi connectivity index (χ0) is 23.5. The number of rotatable bonds is 13. The Bertz CT molecular complexity index is 799. The molecule has 11 heteroatoms. The van der Waals surface area contributed by atoms with E-state index in [1.54, 1.807) is 0 Å². The van der Waals surface area contributed by atoms with Crippen LogP contribution in [0.15, 0.2) is 17.1 Å². The molecule has 4 N–H and O–H groups in total. The van der Waals surface area contributed by atoms with Crippen LogP contribution < -0.4 is 11.0 Å². The number of unbranched alkanes of at least 4 members (excludes halogenated alkanes) is 5. The van der Waals surface area contributed by atoms with Gasteiger partial charge in [0.25, 0.3) is 0 Å². The molecule has 0 aromatic carbocycles. The maximum Gasteiger partial charge on any atom is 0.351 e. The van der Waals surface area contributed by atoms with Crippen molar-refractivity contribution in [1.82, 2.24) is 9.55 Å². The predicted octanol–water partition coefficient (Wildman–Crippen LogP) is 0.477. The van der Waals surface area contributed by atoms with Gasteiger partial charge in [-0.25, -0.2) is 4.79 Å². The summed E-state index contributed by atoms with van der Waals surface area (Å²) >= 11 is 0. The van der Waals surface area contributed by atoms with Crippen molar-refractivity contribution in [2.24, 2.45) is 0 Å². The largest absolute Gasteiger partial charge is 0.466 e. The van der Waals surface area contributed by atoms with Crippen molar-refractivity contribution in [1.29, 1.82) is 0 Å². The number of esters is 1. The van der Waals surface area contributed by atoms with Gasteiger partial charge in [0.1, 0.15) is 24.1 Å². The van der Waals surface area contributed by atoms with Gasteiger partial charge in [0.05, 0.1) is 19.6 Å². The third kappa shape index (κ3) is 7.66. The van der Waals surface area contributed by atoms with Crippen molar-refractivity contribution in [3.63, 3.8) is 0 Å². The van der Waals surface area contributed by atoms with E-state index in [1.807, 2.05) is 0 Å². The van der Waals surface area contributed by atoms with Gasteiger partial charge in [-0.05, 0) is 12.5 Å². The number of aromatic nitrogens is 2. The fourth-order valence-corrected chi connectivity index (χ4v) is 3.35. The highest BCUT2D eigenvalue weighted by molar-refractivity contribution is 5.91. The summed E-state index contributed by atoms with van der Waals surface area (Å²) in [7, 11) is 0. The molecule has 0 aliphatic carbocycles. The topological polar surface area (TPSA) is 160 Å². The zero-order valence-electron chi connectivity index (χ0n) is 18.3. The molecule has 1 aliphatic heterocycles. The third-order valence-corrected chi connectivity index (χ3v) is 5.21. The van der Waals surface area contributed by atoms with Gasteiger partial charge < -0.3 is 30.1 Å². The van der Waals surface area contributed by atoms with Crippen LogP contribution >= 0.6 is 0 Å². The highest BCUT2D eigenvalue weighted by Crippen LogP contribution is 2.28. The summed E-state index contributed by atoms with van der Waals surface area (Å²) in [4.78, 5) is 39.7. The first-order chi connectivity index (χ1) is 15.4. The lowest BCUT2D eigenvalue weighted by Gasteiger charge is -2.17. The molecule has 180 valence electrons. The van der Waals surface area contributed by atoms with Crippen molar-refractivity contribution in [3.05, 3.63) is 22.7 Å². The van der Waals surface area contributed by atoms with Crippen molar-refractivity contribution in [3.8, 4) is 0 Å². The Morgan fingerprint density at radius 3 is 2.53 bits per heavy atom. The monoisotopic (exact) mass is 455 g/mol. The van der Waals surface area contributed by atoms with Crippen LogP contribution in [0.3, 0.4) is 0 Å². The van der Waals surface area contributed by atoms with E-state index in [0.717, 1.165) is 23.8 Å². The van der Waals surface area contributed by atoms with Crippen LogP contribution in [0.4, 0.5) is 5.82 Å². The number of anilines is 1. The summed E-state index contributed by atoms with van der Waals surface area (Å²) in [6, 6.07) is 1.32. The lowest BCUT2D eigenvalue weighted by molar-refractivity contribution is -0.144. The molecule has 32 heavy (non-hydrogen) atoms.